The molecular formula is C17H19ClN2O4. The van der Waals surface area contributed by atoms with Crippen molar-refractivity contribution in [2.45, 2.75) is 25.3 Å². The molecular weight excluding hydrogens is 332 g/mol. The Morgan fingerprint density at radius 1 is 1.29 bits per heavy atom. The van der Waals surface area contributed by atoms with Gasteiger partial charge in [0.15, 0.2) is 5.76 Å². The fourth-order valence-corrected chi connectivity index (χ4v) is 3.22. The van der Waals surface area contributed by atoms with E-state index in [-0.39, 0.29) is 30.0 Å². The lowest BCUT2D eigenvalue weighted by molar-refractivity contribution is -0.118. The monoisotopic (exact) mass is 350 g/mol. The van der Waals surface area contributed by atoms with E-state index >= 15 is 0 Å². The molecule has 1 aliphatic heterocycles. The van der Waals surface area contributed by atoms with E-state index < -0.39 is 5.91 Å². The smallest absolute Gasteiger partial charge is 0.287 e. The number of carbonyl (C=O) groups excluding carboxylic acids is 2. The SMILES string of the molecule is NC(=O)CC(NC(=O)c1cc2cc(Cl)ccc2o1)C1CCOCC1. The molecule has 7 heteroatoms. The quantitative estimate of drug-likeness (QED) is 0.866. The summed E-state index contributed by atoms with van der Waals surface area (Å²) in [6, 6.07) is 6.47. The van der Waals surface area contributed by atoms with Crippen molar-refractivity contribution in [2.24, 2.45) is 11.7 Å². The molecule has 3 rings (SSSR count). The molecule has 1 fully saturated rings. The third kappa shape index (κ3) is 3.88. The normalized spacial score (nSPS) is 16.9. The van der Waals surface area contributed by atoms with Crippen molar-refractivity contribution in [3.8, 4) is 0 Å². The van der Waals surface area contributed by atoms with E-state index in [0.29, 0.717) is 23.8 Å². The van der Waals surface area contributed by atoms with Gasteiger partial charge in [-0.25, -0.2) is 0 Å². The summed E-state index contributed by atoms with van der Waals surface area (Å²) >= 11 is 5.95. The Balaban J connectivity index is 1.76. The van der Waals surface area contributed by atoms with E-state index in [9.17, 15) is 9.59 Å². The van der Waals surface area contributed by atoms with Crippen LogP contribution in [0.25, 0.3) is 11.0 Å². The van der Waals surface area contributed by atoms with E-state index in [1.807, 2.05) is 0 Å². The minimum absolute atomic E-state index is 0.0997. The number of nitrogens with two attached hydrogens (primary N) is 1. The summed E-state index contributed by atoms with van der Waals surface area (Å²) in [5.74, 6) is -0.453. The Hall–Kier alpha value is -2.05. The zero-order valence-corrected chi connectivity index (χ0v) is 13.8. The number of carbonyl (C=O) groups is 2. The molecule has 6 nitrogen and oxygen atoms in total. The van der Waals surface area contributed by atoms with Crippen LogP contribution in [0.15, 0.2) is 28.7 Å². The van der Waals surface area contributed by atoms with Crippen molar-refractivity contribution < 1.29 is 18.7 Å². The first-order valence-corrected chi connectivity index (χ1v) is 8.27. The summed E-state index contributed by atoms with van der Waals surface area (Å²) in [6.45, 7) is 1.25. The van der Waals surface area contributed by atoms with Gasteiger partial charge in [-0.3, -0.25) is 9.59 Å². The maximum atomic E-state index is 12.5. The fourth-order valence-electron chi connectivity index (χ4n) is 3.04. The van der Waals surface area contributed by atoms with E-state index in [2.05, 4.69) is 5.32 Å². The molecule has 1 saturated heterocycles. The zero-order chi connectivity index (χ0) is 17.1. The van der Waals surface area contributed by atoms with Crippen LogP contribution in [0.3, 0.4) is 0 Å². The van der Waals surface area contributed by atoms with Crippen molar-refractivity contribution in [2.75, 3.05) is 13.2 Å². The van der Waals surface area contributed by atoms with Gasteiger partial charge in [0.05, 0.1) is 0 Å². The van der Waals surface area contributed by atoms with Gasteiger partial charge in [0.25, 0.3) is 5.91 Å². The van der Waals surface area contributed by atoms with Gasteiger partial charge in [0, 0.05) is 36.1 Å². The number of ether oxygens (including phenoxy) is 1. The molecule has 0 bridgehead atoms. The number of hydrogen-bond donors (Lipinski definition) is 2. The van der Waals surface area contributed by atoms with Crippen LogP contribution in [0.4, 0.5) is 0 Å². The first-order valence-electron chi connectivity index (χ1n) is 7.89. The van der Waals surface area contributed by atoms with Gasteiger partial charge in [-0.05, 0) is 43.0 Å². The number of fused-ring (bicyclic) bond motifs is 1. The lowest BCUT2D eigenvalue weighted by Gasteiger charge is -2.30. The topological polar surface area (TPSA) is 94.6 Å². The molecule has 0 aliphatic carbocycles. The largest absolute Gasteiger partial charge is 0.451 e. The highest BCUT2D eigenvalue weighted by molar-refractivity contribution is 6.31. The summed E-state index contributed by atoms with van der Waals surface area (Å²) in [6.07, 6.45) is 1.67. The van der Waals surface area contributed by atoms with Crippen molar-refractivity contribution >= 4 is 34.4 Å². The van der Waals surface area contributed by atoms with Gasteiger partial charge in [-0.2, -0.15) is 0 Å². The molecule has 1 unspecified atom stereocenters. The summed E-state index contributed by atoms with van der Waals surface area (Å²) in [7, 11) is 0. The molecule has 1 aromatic heterocycles. The second-order valence-corrected chi connectivity index (χ2v) is 6.43. The summed E-state index contributed by atoms with van der Waals surface area (Å²) in [5.41, 5.74) is 5.92. The number of hydrogen-bond acceptors (Lipinski definition) is 4. The van der Waals surface area contributed by atoms with Crippen molar-refractivity contribution in [3.63, 3.8) is 0 Å². The van der Waals surface area contributed by atoms with E-state index in [1.54, 1.807) is 24.3 Å². The molecule has 1 aliphatic rings. The van der Waals surface area contributed by atoms with Gasteiger partial charge in [-0.15, -0.1) is 0 Å². The van der Waals surface area contributed by atoms with Gasteiger partial charge < -0.3 is 20.2 Å². The average molecular weight is 351 g/mol. The lowest BCUT2D eigenvalue weighted by Crippen LogP contribution is -2.44. The van der Waals surface area contributed by atoms with Gasteiger partial charge >= 0.3 is 0 Å². The summed E-state index contributed by atoms with van der Waals surface area (Å²) < 4.78 is 10.9. The van der Waals surface area contributed by atoms with E-state index in [1.165, 1.54) is 0 Å². The highest BCUT2D eigenvalue weighted by Gasteiger charge is 2.28. The van der Waals surface area contributed by atoms with E-state index in [4.69, 9.17) is 26.5 Å². The number of primary amides is 1. The van der Waals surface area contributed by atoms with Crippen LogP contribution >= 0.6 is 11.6 Å². The molecule has 1 aromatic carbocycles. The maximum Gasteiger partial charge on any atom is 0.287 e. The molecule has 2 amide bonds. The van der Waals surface area contributed by atoms with Crippen LogP contribution in [0.1, 0.15) is 29.8 Å². The van der Waals surface area contributed by atoms with Gasteiger partial charge in [-0.1, -0.05) is 11.6 Å². The number of nitrogens with one attached hydrogen (secondary N) is 1. The lowest BCUT2D eigenvalue weighted by atomic mass is 9.89. The standard InChI is InChI=1S/C17H19ClN2O4/c18-12-1-2-14-11(7-12)8-15(24-14)17(22)20-13(9-16(19)21)10-3-5-23-6-4-10/h1-2,7-8,10,13H,3-6,9H2,(H2,19,21)(H,20,22). The molecule has 0 spiro atoms. The van der Waals surface area contributed by atoms with Crippen LogP contribution in [0, 0.1) is 5.92 Å². The molecule has 2 aromatic rings. The van der Waals surface area contributed by atoms with Crippen LogP contribution in [-0.4, -0.2) is 31.1 Å². The Kier molecular flexibility index (Phi) is 5.06. The number of furan rings is 1. The summed E-state index contributed by atoms with van der Waals surface area (Å²) in [4.78, 5) is 23.9. The number of rotatable bonds is 5. The van der Waals surface area contributed by atoms with Crippen LogP contribution < -0.4 is 11.1 Å². The second kappa shape index (κ2) is 7.23. The highest BCUT2D eigenvalue weighted by Crippen LogP contribution is 2.24. The highest BCUT2D eigenvalue weighted by atomic mass is 35.5. The van der Waals surface area contributed by atoms with Crippen LogP contribution in [0.5, 0.6) is 0 Å². The predicted octanol–water partition coefficient (Wildman–Crippen LogP) is 2.49. The third-order valence-electron chi connectivity index (χ3n) is 4.27. The minimum atomic E-state index is -0.442. The minimum Gasteiger partial charge on any atom is -0.451 e. The van der Waals surface area contributed by atoms with Crippen molar-refractivity contribution in [1.29, 1.82) is 0 Å². The number of amides is 2. The number of benzene rings is 1. The fraction of sp³-hybridized carbons (Fsp3) is 0.412. The molecule has 2 heterocycles. The average Bonchev–Trinajstić information content (AvgIpc) is 2.98. The van der Waals surface area contributed by atoms with Gasteiger partial charge in [0.1, 0.15) is 5.58 Å². The molecule has 1 atom stereocenters. The van der Waals surface area contributed by atoms with Crippen LogP contribution in [0.2, 0.25) is 5.02 Å². The van der Waals surface area contributed by atoms with Gasteiger partial charge in [0.2, 0.25) is 5.91 Å². The predicted molar refractivity (Wildman–Crippen MR) is 89.8 cm³/mol. The third-order valence-corrected chi connectivity index (χ3v) is 4.51. The molecule has 0 radical (unpaired) electrons. The Morgan fingerprint density at radius 2 is 2.04 bits per heavy atom. The summed E-state index contributed by atoms with van der Waals surface area (Å²) in [5, 5.41) is 4.22. The first kappa shape index (κ1) is 16.8. The molecule has 0 saturated carbocycles. The molecule has 128 valence electrons. The Labute approximate surface area is 144 Å². The Bertz CT molecular complexity index is 752. The van der Waals surface area contributed by atoms with Crippen LogP contribution in [-0.2, 0) is 9.53 Å². The van der Waals surface area contributed by atoms with E-state index in [0.717, 1.165) is 18.2 Å². The second-order valence-electron chi connectivity index (χ2n) is 5.99. The number of halogens is 1. The first-order chi connectivity index (χ1) is 11.5. The van der Waals surface area contributed by atoms with Crippen molar-refractivity contribution in [1.82, 2.24) is 5.32 Å². The van der Waals surface area contributed by atoms with Crippen molar-refractivity contribution in [3.05, 3.63) is 35.0 Å². The molecule has 3 N–H and O–H groups in total. The maximum absolute atomic E-state index is 12.5. The Morgan fingerprint density at radius 3 is 2.75 bits per heavy atom. The zero-order valence-electron chi connectivity index (χ0n) is 13.1. The molecule has 24 heavy (non-hydrogen) atoms.